The molecule has 1 atom stereocenters. The molecule has 2 aromatic carbocycles. The lowest BCUT2D eigenvalue weighted by Crippen LogP contribution is -2.29. The van der Waals surface area contributed by atoms with Gasteiger partial charge >= 0.3 is 0 Å². The van der Waals surface area contributed by atoms with Crippen LogP contribution in [0.1, 0.15) is 28.3 Å². The number of aryl methyl sites for hydroxylation is 2. The van der Waals surface area contributed by atoms with Crippen molar-refractivity contribution in [3.8, 4) is 5.75 Å². The number of ketones is 1. The Morgan fingerprint density at radius 1 is 1.03 bits per heavy atom. The van der Waals surface area contributed by atoms with Crippen LogP contribution >= 0.6 is 11.6 Å². The Morgan fingerprint density at radius 3 is 2.41 bits per heavy atom. The number of pyridine rings is 1. The number of nitrogens with zero attached hydrogens (tertiary/aromatic N) is 2. The number of ether oxygens (including phenoxy) is 1. The summed E-state index contributed by atoms with van der Waals surface area (Å²) in [5.41, 5.74) is 3.44. The third-order valence-corrected chi connectivity index (χ3v) is 5.89. The highest BCUT2D eigenvalue weighted by molar-refractivity contribution is 6.51. The Morgan fingerprint density at radius 2 is 1.75 bits per heavy atom. The molecule has 32 heavy (non-hydrogen) atoms. The minimum atomic E-state index is -0.844. The van der Waals surface area contributed by atoms with Gasteiger partial charge in [0.1, 0.15) is 11.5 Å². The largest absolute Gasteiger partial charge is 0.507 e. The van der Waals surface area contributed by atoms with Crippen molar-refractivity contribution >= 4 is 34.7 Å². The molecule has 1 N–H and O–H groups in total. The Kier molecular flexibility index (Phi) is 5.72. The van der Waals surface area contributed by atoms with Crippen LogP contribution in [0.5, 0.6) is 5.75 Å². The molecule has 1 aromatic heterocycles. The first kappa shape index (κ1) is 21.6. The van der Waals surface area contributed by atoms with Crippen molar-refractivity contribution in [2.24, 2.45) is 0 Å². The first-order valence-corrected chi connectivity index (χ1v) is 10.3. The number of methoxy groups -OCH3 is 1. The Bertz CT molecular complexity index is 1250. The predicted octanol–water partition coefficient (Wildman–Crippen LogP) is 4.99. The number of carbonyl (C=O) groups is 2. The minimum Gasteiger partial charge on any atom is -0.507 e. The molecule has 0 aliphatic carbocycles. The van der Waals surface area contributed by atoms with Crippen LogP contribution in [-0.2, 0) is 9.59 Å². The van der Waals surface area contributed by atoms with E-state index >= 15 is 0 Å². The molecule has 2 heterocycles. The van der Waals surface area contributed by atoms with Gasteiger partial charge in [0.25, 0.3) is 11.7 Å². The smallest absolute Gasteiger partial charge is 0.300 e. The summed E-state index contributed by atoms with van der Waals surface area (Å²) >= 11 is 6.14. The molecule has 1 saturated heterocycles. The van der Waals surface area contributed by atoms with E-state index in [9.17, 15) is 14.7 Å². The van der Waals surface area contributed by atoms with Crippen LogP contribution in [-0.4, -0.2) is 28.9 Å². The summed E-state index contributed by atoms with van der Waals surface area (Å²) in [5, 5.41) is 11.6. The van der Waals surface area contributed by atoms with Crippen LogP contribution in [0.4, 0.5) is 5.69 Å². The van der Waals surface area contributed by atoms with E-state index in [1.165, 1.54) is 18.1 Å². The van der Waals surface area contributed by atoms with Gasteiger partial charge in [0, 0.05) is 23.1 Å². The van der Waals surface area contributed by atoms with Gasteiger partial charge in [0.2, 0.25) is 0 Å². The number of anilines is 1. The van der Waals surface area contributed by atoms with Crippen LogP contribution < -0.4 is 9.64 Å². The number of Topliss-reactive ketones (excluding diaryl/α,β-unsaturated/α-hetero) is 1. The van der Waals surface area contributed by atoms with Gasteiger partial charge in [-0.3, -0.25) is 19.5 Å². The molecule has 1 fully saturated rings. The second-order valence-electron chi connectivity index (χ2n) is 7.56. The first-order chi connectivity index (χ1) is 15.3. The quantitative estimate of drug-likeness (QED) is 0.345. The van der Waals surface area contributed by atoms with Gasteiger partial charge in [0.05, 0.1) is 24.3 Å². The van der Waals surface area contributed by atoms with Crippen LogP contribution in [0.2, 0.25) is 5.02 Å². The van der Waals surface area contributed by atoms with Crippen molar-refractivity contribution in [2.45, 2.75) is 19.9 Å². The minimum absolute atomic E-state index is 0.0417. The van der Waals surface area contributed by atoms with E-state index in [1.807, 2.05) is 26.0 Å². The van der Waals surface area contributed by atoms with Crippen LogP contribution in [0.25, 0.3) is 5.76 Å². The molecule has 3 aromatic rings. The van der Waals surface area contributed by atoms with Crippen molar-refractivity contribution in [1.29, 1.82) is 0 Å². The fraction of sp³-hybridized carbons (Fsp3) is 0.160. The highest BCUT2D eigenvalue weighted by Gasteiger charge is 2.47. The van der Waals surface area contributed by atoms with Gasteiger partial charge in [-0.05, 0) is 73.0 Å². The third-order valence-electron chi connectivity index (χ3n) is 5.65. The Hall–Kier alpha value is -3.64. The lowest BCUT2D eigenvalue weighted by molar-refractivity contribution is -0.132. The number of halogens is 1. The fourth-order valence-corrected chi connectivity index (χ4v) is 4.02. The molecule has 0 spiro atoms. The molecular formula is C25H21ClN2O4. The van der Waals surface area contributed by atoms with Crippen molar-refractivity contribution in [3.05, 3.63) is 93.8 Å². The zero-order valence-corrected chi connectivity index (χ0v) is 18.6. The van der Waals surface area contributed by atoms with Crippen LogP contribution in [0.15, 0.2) is 66.5 Å². The number of hydrogen-bond donors (Lipinski definition) is 1. The maximum Gasteiger partial charge on any atom is 0.300 e. The summed E-state index contributed by atoms with van der Waals surface area (Å²) in [5.74, 6) is -1.53. The van der Waals surface area contributed by atoms with E-state index < -0.39 is 17.7 Å². The van der Waals surface area contributed by atoms with Gasteiger partial charge in [-0.1, -0.05) is 17.7 Å². The van der Waals surface area contributed by atoms with Crippen molar-refractivity contribution in [1.82, 2.24) is 4.98 Å². The molecule has 1 unspecified atom stereocenters. The maximum atomic E-state index is 13.2. The number of rotatable bonds is 4. The molecule has 0 radical (unpaired) electrons. The van der Waals surface area contributed by atoms with Gasteiger partial charge in [-0.15, -0.1) is 0 Å². The standard InChI is InChI=1S/C25H21ClN2O4/c1-14-4-6-18(12-15(14)2)28-22(16-8-10-27-11-9-16)21(24(30)25(28)31)23(29)19-13-17(26)5-7-20(19)32-3/h4-13,22,29H,1-3H3/b23-21+. The van der Waals surface area contributed by atoms with Gasteiger partial charge in [-0.25, -0.2) is 0 Å². The van der Waals surface area contributed by atoms with E-state index in [4.69, 9.17) is 16.3 Å². The predicted molar refractivity (Wildman–Crippen MR) is 123 cm³/mol. The van der Waals surface area contributed by atoms with E-state index in [0.29, 0.717) is 22.0 Å². The molecule has 0 bridgehead atoms. The van der Waals surface area contributed by atoms with Crippen molar-refractivity contribution in [2.75, 3.05) is 12.0 Å². The first-order valence-electron chi connectivity index (χ1n) is 9.95. The molecule has 4 rings (SSSR count). The molecule has 1 amide bonds. The lowest BCUT2D eigenvalue weighted by atomic mass is 9.95. The second kappa shape index (κ2) is 8.48. The van der Waals surface area contributed by atoms with Crippen molar-refractivity contribution < 1.29 is 19.4 Å². The lowest BCUT2D eigenvalue weighted by Gasteiger charge is -2.26. The number of hydrogen-bond acceptors (Lipinski definition) is 5. The zero-order chi connectivity index (χ0) is 23.0. The molecule has 7 heteroatoms. The van der Waals surface area contributed by atoms with E-state index in [0.717, 1.165) is 11.1 Å². The topological polar surface area (TPSA) is 79.7 Å². The molecule has 0 saturated carbocycles. The van der Waals surface area contributed by atoms with Gasteiger partial charge in [-0.2, -0.15) is 0 Å². The maximum absolute atomic E-state index is 13.2. The normalized spacial score (nSPS) is 17.6. The summed E-state index contributed by atoms with van der Waals surface area (Å²) in [4.78, 5) is 31.9. The number of carbonyl (C=O) groups excluding carboxylic acids is 2. The summed E-state index contributed by atoms with van der Waals surface area (Å²) in [6.07, 6.45) is 3.16. The summed E-state index contributed by atoms with van der Waals surface area (Å²) in [7, 11) is 1.45. The highest BCUT2D eigenvalue weighted by Crippen LogP contribution is 2.43. The molecule has 6 nitrogen and oxygen atoms in total. The summed E-state index contributed by atoms with van der Waals surface area (Å²) < 4.78 is 5.35. The van der Waals surface area contributed by atoms with E-state index in [1.54, 1.807) is 42.7 Å². The van der Waals surface area contributed by atoms with Crippen LogP contribution in [0.3, 0.4) is 0 Å². The summed E-state index contributed by atoms with van der Waals surface area (Å²) in [6.45, 7) is 3.91. The highest BCUT2D eigenvalue weighted by atomic mass is 35.5. The number of aliphatic hydroxyl groups excluding tert-OH is 1. The van der Waals surface area contributed by atoms with E-state index in [2.05, 4.69) is 4.98 Å². The monoisotopic (exact) mass is 448 g/mol. The SMILES string of the molecule is COc1ccc(Cl)cc1/C(O)=C1\C(=O)C(=O)N(c2ccc(C)c(C)c2)C1c1ccncc1. The number of aromatic nitrogens is 1. The number of benzene rings is 2. The summed E-state index contributed by atoms with van der Waals surface area (Å²) in [6, 6.07) is 12.8. The molecular weight excluding hydrogens is 428 g/mol. The van der Waals surface area contributed by atoms with Crippen LogP contribution in [0, 0.1) is 13.8 Å². The number of amides is 1. The Balaban J connectivity index is 1.98. The average Bonchev–Trinajstić information content (AvgIpc) is 3.06. The van der Waals surface area contributed by atoms with Gasteiger partial charge < -0.3 is 9.84 Å². The Labute approximate surface area is 190 Å². The molecule has 162 valence electrons. The average molecular weight is 449 g/mol. The zero-order valence-electron chi connectivity index (χ0n) is 17.8. The molecule has 1 aliphatic heterocycles. The number of aliphatic hydroxyl groups is 1. The molecule has 1 aliphatic rings. The van der Waals surface area contributed by atoms with Gasteiger partial charge in [0.15, 0.2) is 0 Å². The second-order valence-corrected chi connectivity index (χ2v) is 8.00. The third kappa shape index (κ3) is 3.63. The van der Waals surface area contributed by atoms with Crippen molar-refractivity contribution in [3.63, 3.8) is 0 Å². The fourth-order valence-electron chi connectivity index (χ4n) is 3.85. The van der Waals surface area contributed by atoms with E-state index in [-0.39, 0.29) is 16.9 Å².